The van der Waals surface area contributed by atoms with Crippen LogP contribution in [0.1, 0.15) is 10.4 Å². The first kappa shape index (κ1) is 15.2. The molecule has 1 aromatic carbocycles. The first-order valence-electron chi connectivity index (χ1n) is 7.09. The lowest BCUT2D eigenvalue weighted by atomic mass is 10.2. The van der Waals surface area contributed by atoms with Crippen LogP contribution in [-0.2, 0) is 4.74 Å². The van der Waals surface area contributed by atoms with E-state index in [9.17, 15) is 4.79 Å². The predicted molar refractivity (Wildman–Crippen MR) is 94.4 cm³/mol. The van der Waals surface area contributed by atoms with Crippen LogP contribution in [0, 0.1) is 3.57 Å². The normalized spacial score (nSPS) is 14.7. The molecule has 2 aromatic rings. The number of amides is 1. The lowest BCUT2D eigenvalue weighted by Crippen LogP contribution is -2.36. The summed E-state index contributed by atoms with van der Waals surface area (Å²) < 4.78 is 6.26. The molecule has 3 rings (SSSR count). The van der Waals surface area contributed by atoms with Gasteiger partial charge in [-0.05, 0) is 46.9 Å². The number of nitrogens with zero attached hydrogens (tertiary/aromatic N) is 2. The van der Waals surface area contributed by atoms with Crippen molar-refractivity contribution in [1.82, 2.24) is 4.98 Å². The maximum atomic E-state index is 12.3. The Bertz CT molecular complexity index is 655. The number of carbonyl (C=O) groups is 1. The van der Waals surface area contributed by atoms with Crippen molar-refractivity contribution in [2.24, 2.45) is 0 Å². The van der Waals surface area contributed by atoms with Gasteiger partial charge in [0.25, 0.3) is 5.91 Å². The molecule has 6 heteroatoms. The Kier molecular flexibility index (Phi) is 4.89. The number of nitrogens with one attached hydrogen (secondary N) is 1. The molecule has 0 saturated carbocycles. The molecular formula is C16H16IN3O2. The largest absolute Gasteiger partial charge is 0.378 e. The zero-order chi connectivity index (χ0) is 15.4. The SMILES string of the molecule is O=C(Nc1ccc(N2CCOCC2)nc1)c1ccccc1I. The Morgan fingerprint density at radius 2 is 1.95 bits per heavy atom. The van der Waals surface area contributed by atoms with Crippen LogP contribution < -0.4 is 10.2 Å². The van der Waals surface area contributed by atoms with Crippen molar-refractivity contribution >= 4 is 40.0 Å². The number of morpholine rings is 1. The molecule has 22 heavy (non-hydrogen) atoms. The molecule has 0 aliphatic carbocycles. The molecule has 1 saturated heterocycles. The number of benzene rings is 1. The van der Waals surface area contributed by atoms with Gasteiger partial charge in [0.05, 0.1) is 30.7 Å². The standard InChI is InChI=1S/C16H16IN3O2/c17-14-4-2-1-3-13(14)16(21)19-12-5-6-15(18-11-12)20-7-9-22-10-8-20/h1-6,11H,7-10H2,(H,19,21). The monoisotopic (exact) mass is 409 g/mol. The lowest BCUT2D eigenvalue weighted by Gasteiger charge is -2.27. The number of pyridine rings is 1. The minimum absolute atomic E-state index is 0.120. The van der Waals surface area contributed by atoms with E-state index in [2.05, 4.69) is 37.8 Å². The first-order valence-corrected chi connectivity index (χ1v) is 8.16. The van der Waals surface area contributed by atoms with Crippen LogP contribution in [0.4, 0.5) is 11.5 Å². The van der Waals surface area contributed by atoms with Gasteiger partial charge in [-0.3, -0.25) is 4.79 Å². The third kappa shape index (κ3) is 3.56. The van der Waals surface area contributed by atoms with Crippen molar-refractivity contribution in [3.8, 4) is 0 Å². The summed E-state index contributed by atoms with van der Waals surface area (Å²) >= 11 is 2.16. The van der Waals surface area contributed by atoms with Crippen LogP contribution in [0.3, 0.4) is 0 Å². The minimum atomic E-state index is -0.120. The highest BCUT2D eigenvalue weighted by molar-refractivity contribution is 14.1. The summed E-state index contributed by atoms with van der Waals surface area (Å²) in [6, 6.07) is 11.3. The highest BCUT2D eigenvalue weighted by Crippen LogP contribution is 2.17. The smallest absolute Gasteiger partial charge is 0.256 e. The van der Waals surface area contributed by atoms with E-state index in [1.165, 1.54) is 0 Å². The number of hydrogen-bond acceptors (Lipinski definition) is 4. The predicted octanol–water partition coefficient (Wildman–Crippen LogP) is 2.78. The maximum absolute atomic E-state index is 12.3. The molecule has 1 N–H and O–H groups in total. The Labute approximate surface area is 142 Å². The van der Waals surface area contributed by atoms with Gasteiger partial charge in [-0.2, -0.15) is 0 Å². The Hall–Kier alpha value is -1.67. The second-order valence-electron chi connectivity index (χ2n) is 4.94. The van der Waals surface area contributed by atoms with Gasteiger partial charge in [0, 0.05) is 16.7 Å². The number of ether oxygens (including phenoxy) is 1. The zero-order valence-corrected chi connectivity index (χ0v) is 14.1. The van der Waals surface area contributed by atoms with Crippen LogP contribution in [0.2, 0.25) is 0 Å². The van der Waals surface area contributed by atoms with E-state index in [0.717, 1.165) is 35.7 Å². The zero-order valence-electron chi connectivity index (χ0n) is 12.0. The van der Waals surface area contributed by atoms with Crippen molar-refractivity contribution in [2.45, 2.75) is 0 Å². The number of hydrogen-bond donors (Lipinski definition) is 1. The van der Waals surface area contributed by atoms with Crippen LogP contribution >= 0.6 is 22.6 Å². The minimum Gasteiger partial charge on any atom is -0.378 e. The van der Waals surface area contributed by atoms with Crippen LogP contribution in [0.25, 0.3) is 0 Å². The molecule has 1 aliphatic heterocycles. The Morgan fingerprint density at radius 1 is 1.18 bits per heavy atom. The van der Waals surface area contributed by atoms with E-state index in [4.69, 9.17) is 4.74 Å². The van der Waals surface area contributed by atoms with Gasteiger partial charge in [-0.1, -0.05) is 12.1 Å². The van der Waals surface area contributed by atoms with E-state index in [1.807, 2.05) is 36.4 Å². The van der Waals surface area contributed by atoms with E-state index in [0.29, 0.717) is 11.3 Å². The quantitative estimate of drug-likeness (QED) is 0.793. The molecular weight excluding hydrogens is 393 g/mol. The molecule has 0 atom stereocenters. The molecule has 0 bridgehead atoms. The van der Waals surface area contributed by atoms with Gasteiger partial charge in [0.1, 0.15) is 5.82 Å². The van der Waals surface area contributed by atoms with Crippen molar-refractivity contribution in [1.29, 1.82) is 0 Å². The molecule has 1 amide bonds. The molecule has 114 valence electrons. The second kappa shape index (κ2) is 7.06. The van der Waals surface area contributed by atoms with Crippen molar-refractivity contribution in [3.63, 3.8) is 0 Å². The average molecular weight is 409 g/mol. The van der Waals surface area contributed by atoms with Gasteiger partial charge >= 0.3 is 0 Å². The molecule has 0 unspecified atom stereocenters. The summed E-state index contributed by atoms with van der Waals surface area (Å²) in [6.07, 6.45) is 1.69. The summed E-state index contributed by atoms with van der Waals surface area (Å²) in [5.41, 5.74) is 1.36. The molecule has 0 spiro atoms. The van der Waals surface area contributed by atoms with Gasteiger partial charge in [-0.15, -0.1) is 0 Å². The Balaban J connectivity index is 1.68. The summed E-state index contributed by atoms with van der Waals surface area (Å²) in [5, 5.41) is 2.88. The van der Waals surface area contributed by atoms with Crippen molar-refractivity contribution in [2.75, 3.05) is 36.5 Å². The topological polar surface area (TPSA) is 54.5 Å². The van der Waals surface area contributed by atoms with E-state index in [-0.39, 0.29) is 5.91 Å². The molecule has 2 heterocycles. The van der Waals surface area contributed by atoms with E-state index in [1.54, 1.807) is 6.20 Å². The summed E-state index contributed by atoms with van der Waals surface area (Å²) in [6.45, 7) is 3.15. The van der Waals surface area contributed by atoms with E-state index >= 15 is 0 Å². The first-order chi connectivity index (χ1) is 10.7. The fraction of sp³-hybridized carbons (Fsp3) is 0.250. The number of carbonyl (C=O) groups excluding carboxylic acids is 1. The summed E-state index contributed by atoms with van der Waals surface area (Å²) in [4.78, 5) is 18.9. The number of anilines is 2. The third-order valence-corrected chi connectivity index (χ3v) is 4.40. The van der Waals surface area contributed by atoms with E-state index < -0.39 is 0 Å². The lowest BCUT2D eigenvalue weighted by molar-refractivity contribution is 0.102. The Morgan fingerprint density at radius 3 is 2.64 bits per heavy atom. The van der Waals surface area contributed by atoms with Gasteiger partial charge in [-0.25, -0.2) is 4.98 Å². The highest BCUT2D eigenvalue weighted by atomic mass is 127. The average Bonchev–Trinajstić information content (AvgIpc) is 2.57. The van der Waals surface area contributed by atoms with Gasteiger partial charge < -0.3 is 15.0 Å². The molecule has 0 radical (unpaired) electrons. The summed E-state index contributed by atoms with van der Waals surface area (Å²) in [5.74, 6) is 0.793. The maximum Gasteiger partial charge on any atom is 0.256 e. The second-order valence-corrected chi connectivity index (χ2v) is 6.10. The third-order valence-electron chi connectivity index (χ3n) is 3.46. The molecule has 1 aromatic heterocycles. The van der Waals surface area contributed by atoms with Gasteiger partial charge in [0.2, 0.25) is 0 Å². The number of rotatable bonds is 3. The number of aromatic nitrogens is 1. The number of halogens is 1. The van der Waals surface area contributed by atoms with Gasteiger partial charge in [0.15, 0.2) is 0 Å². The molecule has 5 nitrogen and oxygen atoms in total. The summed E-state index contributed by atoms with van der Waals surface area (Å²) in [7, 11) is 0. The van der Waals surface area contributed by atoms with Crippen LogP contribution in [-0.4, -0.2) is 37.2 Å². The fourth-order valence-electron chi connectivity index (χ4n) is 2.28. The van der Waals surface area contributed by atoms with Crippen LogP contribution in [0.15, 0.2) is 42.6 Å². The van der Waals surface area contributed by atoms with Crippen molar-refractivity contribution in [3.05, 3.63) is 51.7 Å². The fourth-order valence-corrected chi connectivity index (χ4v) is 2.92. The molecule has 1 fully saturated rings. The van der Waals surface area contributed by atoms with Crippen LogP contribution in [0.5, 0.6) is 0 Å². The highest BCUT2D eigenvalue weighted by Gasteiger charge is 2.13. The van der Waals surface area contributed by atoms with Crippen molar-refractivity contribution < 1.29 is 9.53 Å². The molecule has 1 aliphatic rings.